The van der Waals surface area contributed by atoms with Gasteiger partial charge in [0.15, 0.2) is 0 Å². The van der Waals surface area contributed by atoms with Crippen LogP contribution in [0.3, 0.4) is 0 Å². The highest BCUT2D eigenvalue weighted by molar-refractivity contribution is 5.73. The zero-order valence-corrected chi connectivity index (χ0v) is 18.8. The van der Waals surface area contributed by atoms with Crippen molar-refractivity contribution in [2.24, 2.45) is 5.41 Å². The van der Waals surface area contributed by atoms with Crippen LogP contribution < -0.4 is 19.7 Å². The summed E-state index contributed by atoms with van der Waals surface area (Å²) in [6.45, 7) is 4.67. The van der Waals surface area contributed by atoms with Crippen molar-refractivity contribution in [3.63, 3.8) is 0 Å². The molecule has 2 atom stereocenters. The molecule has 2 unspecified atom stereocenters. The van der Waals surface area contributed by atoms with Gasteiger partial charge >= 0.3 is 6.18 Å². The van der Waals surface area contributed by atoms with Gasteiger partial charge in [0.1, 0.15) is 29.6 Å². The molecule has 0 aromatic heterocycles. The summed E-state index contributed by atoms with van der Waals surface area (Å²) < 4.78 is 50.7. The number of nitrogens with zero attached hydrogens (tertiary/aromatic N) is 1. The zero-order valence-electron chi connectivity index (χ0n) is 18.8. The van der Waals surface area contributed by atoms with E-state index in [0.29, 0.717) is 5.75 Å². The summed E-state index contributed by atoms with van der Waals surface area (Å²) in [5, 5.41) is 2.86. The van der Waals surface area contributed by atoms with Crippen molar-refractivity contribution < 1.29 is 27.4 Å². The van der Waals surface area contributed by atoms with E-state index in [9.17, 15) is 18.0 Å². The fourth-order valence-corrected chi connectivity index (χ4v) is 4.11. The van der Waals surface area contributed by atoms with Gasteiger partial charge in [-0.3, -0.25) is 4.79 Å². The highest BCUT2D eigenvalue weighted by atomic mass is 19.4. The lowest BCUT2D eigenvalue weighted by Crippen LogP contribution is -2.30. The van der Waals surface area contributed by atoms with Gasteiger partial charge in [-0.1, -0.05) is 12.1 Å². The molecule has 2 aromatic carbocycles. The Hall–Kier alpha value is -2.90. The number of ether oxygens (including phenoxy) is 2. The maximum atomic E-state index is 13.0. The van der Waals surface area contributed by atoms with Crippen LogP contribution in [-0.4, -0.2) is 37.9 Å². The molecule has 1 N–H and O–H groups in total. The minimum atomic E-state index is -4.21. The van der Waals surface area contributed by atoms with Crippen molar-refractivity contribution in [1.29, 1.82) is 0 Å². The molecule has 0 spiro atoms. The van der Waals surface area contributed by atoms with Crippen molar-refractivity contribution >= 4 is 11.6 Å². The summed E-state index contributed by atoms with van der Waals surface area (Å²) in [5.74, 6) is 1.17. The standard InChI is InChI=1S/C25H29F3N2O3/c1-17(29-18(2)31)19-3-7-22(8-4-19)33-23-11-14-30(15-23)20-5-9-21(10-6-20)32-16-24(12-13-24)25(26,27)28/h3-10,17,23H,11-16H2,1-2H3,(H,29,31). The van der Waals surface area contributed by atoms with Crippen LogP contribution in [-0.2, 0) is 4.79 Å². The Labute approximate surface area is 191 Å². The highest BCUT2D eigenvalue weighted by Gasteiger charge is 2.63. The Morgan fingerprint density at radius 2 is 1.76 bits per heavy atom. The monoisotopic (exact) mass is 462 g/mol. The summed E-state index contributed by atoms with van der Waals surface area (Å²) in [7, 11) is 0. The van der Waals surface area contributed by atoms with Crippen molar-refractivity contribution in [1.82, 2.24) is 5.32 Å². The number of carbonyl (C=O) groups excluding carboxylic acids is 1. The topological polar surface area (TPSA) is 50.8 Å². The van der Waals surface area contributed by atoms with Crippen LogP contribution in [0.5, 0.6) is 11.5 Å². The van der Waals surface area contributed by atoms with Crippen molar-refractivity contribution in [2.75, 3.05) is 24.6 Å². The predicted octanol–water partition coefficient (Wildman–Crippen LogP) is 5.26. The molecule has 178 valence electrons. The molecule has 1 heterocycles. The van der Waals surface area contributed by atoms with E-state index >= 15 is 0 Å². The fraction of sp³-hybridized carbons (Fsp3) is 0.480. The SMILES string of the molecule is CC(=O)NC(C)c1ccc(OC2CCN(c3ccc(OCC4(C(F)(F)F)CC4)cc3)C2)cc1. The van der Waals surface area contributed by atoms with Gasteiger partial charge < -0.3 is 19.7 Å². The van der Waals surface area contributed by atoms with Gasteiger partial charge in [0.25, 0.3) is 0 Å². The molecule has 1 aliphatic carbocycles. The van der Waals surface area contributed by atoms with E-state index in [2.05, 4.69) is 10.2 Å². The lowest BCUT2D eigenvalue weighted by Gasteiger charge is -2.21. The maximum absolute atomic E-state index is 13.0. The Morgan fingerprint density at radius 3 is 2.33 bits per heavy atom. The minimum absolute atomic E-state index is 0.0426. The molecule has 1 saturated heterocycles. The molecule has 5 nitrogen and oxygen atoms in total. The lowest BCUT2D eigenvalue weighted by molar-refractivity contribution is -0.194. The van der Waals surface area contributed by atoms with Crippen LogP contribution in [0.15, 0.2) is 48.5 Å². The molecule has 2 fully saturated rings. The molecule has 1 amide bonds. The summed E-state index contributed by atoms with van der Waals surface area (Å²) in [4.78, 5) is 13.4. The molecule has 2 aliphatic rings. The first-order valence-electron chi connectivity index (χ1n) is 11.2. The summed E-state index contributed by atoms with van der Waals surface area (Å²) in [5.41, 5.74) is 0.339. The molecular formula is C25H29F3N2O3. The maximum Gasteiger partial charge on any atom is 0.397 e. The minimum Gasteiger partial charge on any atom is -0.493 e. The molecule has 1 saturated carbocycles. The first kappa shape index (κ1) is 23.3. The van der Waals surface area contributed by atoms with E-state index in [1.165, 1.54) is 6.92 Å². The summed E-state index contributed by atoms with van der Waals surface area (Å²) in [6, 6.07) is 14.9. The Kier molecular flexibility index (Phi) is 6.45. The number of anilines is 1. The van der Waals surface area contributed by atoms with Crippen LogP contribution in [0.1, 0.15) is 44.7 Å². The third-order valence-corrected chi connectivity index (χ3v) is 6.42. The second-order valence-electron chi connectivity index (χ2n) is 9.03. The number of alkyl halides is 3. The Morgan fingerprint density at radius 1 is 1.12 bits per heavy atom. The first-order valence-corrected chi connectivity index (χ1v) is 11.2. The number of amides is 1. The Bertz CT molecular complexity index is 956. The van der Waals surface area contributed by atoms with E-state index in [4.69, 9.17) is 9.47 Å². The Balaban J connectivity index is 1.27. The molecule has 1 aliphatic heterocycles. The third kappa shape index (κ3) is 5.54. The van der Waals surface area contributed by atoms with Gasteiger partial charge in [-0.2, -0.15) is 13.2 Å². The number of nitrogens with one attached hydrogen (secondary N) is 1. The smallest absolute Gasteiger partial charge is 0.397 e. The van der Waals surface area contributed by atoms with E-state index in [1.807, 2.05) is 43.3 Å². The van der Waals surface area contributed by atoms with Crippen LogP contribution in [0.25, 0.3) is 0 Å². The lowest BCUT2D eigenvalue weighted by atomic mass is 10.1. The number of carbonyl (C=O) groups is 1. The summed E-state index contributed by atoms with van der Waals surface area (Å²) in [6.07, 6.45) is -3.01. The zero-order chi connectivity index (χ0) is 23.6. The second kappa shape index (κ2) is 9.15. The average Bonchev–Trinajstić information content (AvgIpc) is 3.45. The van der Waals surface area contributed by atoms with Crippen LogP contribution in [0.2, 0.25) is 0 Å². The van der Waals surface area contributed by atoms with Crippen LogP contribution in [0, 0.1) is 5.41 Å². The van der Waals surface area contributed by atoms with Crippen LogP contribution >= 0.6 is 0 Å². The third-order valence-electron chi connectivity index (χ3n) is 6.42. The van der Waals surface area contributed by atoms with Crippen molar-refractivity contribution in [2.45, 2.75) is 51.4 Å². The van der Waals surface area contributed by atoms with Gasteiger partial charge in [0.05, 0.1) is 12.6 Å². The van der Waals surface area contributed by atoms with Gasteiger partial charge in [-0.05, 0) is 61.7 Å². The highest BCUT2D eigenvalue weighted by Crippen LogP contribution is 2.57. The van der Waals surface area contributed by atoms with Crippen molar-refractivity contribution in [3.05, 3.63) is 54.1 Å². The van der Waals surface area contributed by atoms with E-state index in [-0.39, 0.29) is 37.5 Å². The second-order valence-corrected chi connectivity index (χ2v) is 9.03. The average molecular weight is 463 g/mol. The van der Waals surface area contributed by atoms with E-state index in [0.717, 1.165) is 36.5 Å². The first-order chi connectivity index (χ1) is 15.6. The van der Waals surface area contributed by atoms with Gasteiger partial charge in [-0.25, -0.2) is 0 Å². The number of hydrogen-bond donors (Lipinski definition) is 1. The quantitative estimate of drug-likeness (QED) is 0.581. The number of hydrogen-bond acceptors (Lipinski definition) is 4. The molecule has 4 rings (SSSR count). The molecular weight excluding hydrogens is 433 g/mol. The molecule has 33 heavy (non-hydrogen) atoms. The molecule has 8 heteroatoms. The van der Waals surface area contributed by atoms with Gasteiger partial charge in [-0.15, -0.1) is 0 Å². The summed E-state index contributed by atoms with van der Waals surface area (Å²) >= 11 is 0. The normalized spacial score (nSPS) is 20.3. The van der Waals surface area contributed by atoms with Crippen LogP contribution in [0.4, 0.5) is 18.9 Å². The molecule has 2 aromatic rings. The number of rotatable bonds is 8. The van der Waals surface area contributed by atoms with Gasteiger partial charge in [0, 0.05) is 25.6 Å². The molecule has 0 bridgehead atoms. The predicted molar refractivity (Wildman–Crippen MR) is 120 cm³/mol. The largest absolute Gasteiger partial charge is 0.493 e. The van der Waals surface area contributed by atoms with Crippen molar-refractivity contribution in [3.8, 4) is 11.5 Å². The van der Waals surface area contributed by atoms with E-state index < -0.39 is 11.6 Å². The van der Waals surface area contributed by atoms with Gasteiger partial charge in [0.2, 0.25) is 5.91 Å². The van der Waals surface area contributed by atoms with E-state index in [1.54, 1.807) is 12.1 Å². The number of benzene rings is 2. The fourth-order valence-electron chi connectivity index (χ4n) is 4.11. The number of halogens is 3. The molecule has 0 radical (unpaired) electrons.